The summed E-state index contributed by atoms with van der Waals surface area (Å²) in [7, 11) is 9.16. The third kappa shape index (κ3) is 13.7. The smallest absolute Gasteiger partial charge is 0.475 e. The molecule has 0 spiro atoms. The number of pyridine rings is 1. The summed E-state index contributed by atoms with van der Waals surface area (Å²) in [5.74, 6) is -6.34. The van der Waals surface area contributed by atoms with Crippen LogP contribution >= 0.6 is 0 Å². The van der Waals surface area contributed by atoms with E-state index in [9.17, 15) is 40.7 Å². The molecule has 0 saturated heterocycles. The van der Waals surface area contributed by atoms with Crippen LogP contribution in [0.4, 0.5) is 43.4 Å². The number of amidine groups is 1. The maximum Gasteiger partial charge on any atom is 0.490 e. The summed E-state index contributed by atoms with van der Waals surface area (Å²) in [6.45, 7) is 1.42. The molecule has 5 aromatic rings. The number of alkyl halides is 6. The molecule has 1 aromatic carbocycles. The van der Waals surface area contributed by atoms with Crippen molar-refractivity contribution >= 4 is 63.5 Å². The predicted octanol–water partition coefficient (Wildman–Crippen LogP) is 5.14. The number of anilines is 3. The van der Waals surface area contributed by atoms with Crippen LogP contribution in [0.25, 0.3) is 10.9 Å². The number of benzene rings is 1. The molecule has 5 rings (SSSR count). The van der Waals surface area contributed by atoms with Gasteiger partial charge in [0.15, 0.2) is 0 Å². The van der Waals surface area contributed by atoms with Gasteiger partial charge in [0.05, 0.1) is 22.6 Å². The van der Waals surface area contributed by atoms with Crippen LogP contribution in [0.5, 0.6) is 0 Å². The van der Waals surface area contributed by atoms with Gasteiger partial charge < -0.3 is 50.1 Å². The van der Waals surface area contributed by atoms with Crippen LogP contribution in [0.1, 0.15) is 43.4 Å². The molecule has 0 atom stereocenters. The van der Waals surface area contributed by atoms with Gasteiger partial charge in [-0.3, -0.25) is 24.8 Å². The Labute approximate surface area is 337 Å². The quantitative estimate of drug-likeness (QED) is 0.0401. The molecular formula is C37H40F6N10O7. The summed E-state index contributed by atoms with van der Waals surface area (Å²) in [5, 5.41) is 35.3. The van der Waals surface area contributed by atoms with Crippen LogP contribution in [0.2, 0.25) is 0 Å². The molecule has 0 aliphatic carbocycles. The molecule has 0 aliphatic heterocycles. The Morgan fingerprint density at radius 2 is 1.12 bits per heavy atom. The molecule has 23 heteroatoms. The topological polar surface area (TPSA) is 229 Å². The highest BCUT2D eigenvalue weighted by atomic mass is 19.4. The average Bonchev–Trinajstić information content (AvgIpc) is 3.83. The van der Waals surface area contributed by atoms with Crippen molar-refractivity contribution in [3.63, 3.8) is 0 Å². The van der Waals surface area contributed by atoms with Gasteiger partial charge >= 0.3 is 24.3 Å². The number of carbonyl (C=O) groups is 5. The van der Waals surface area contributed by atoms with Gasteiger partial charge in [-0.1, -0.05) is 18.2 Å². The lowest BCUT2D eigenvalue weighted by atomic mass is 10.1. The van der Waals surface area contributed by atoms with E-state index in [1.54, 1.807) is 77.8 Å². The van der Waals surface area contributed by atoms with Crippen LogP contribution in [0, 0.1) is 5.41 Å². The molecule has 322 valence electrons. The molecule has 0 radical (unpaired) electrons. The van der Waals surface area contributed by atoms with E-state index >= 15 is 0 Å². The minimum atomic E-state index is -5.08. The third-order valence-electron chi connectivity index (χ3n) is 7.93. The second-order valence-corrected chi connectivity index (χ2v) is 13.0. The number of halogens is 6. The highest BCUT2D eigenvalue weighted by molar-refractivity contribution is 6.10. The summed E-state index contributed by atoms with van der Waals surface area (Å²) >= 11 is 0. The largest absolute Gasteiger partial charge is 0.490 e. The van der Waals surface area contributed by atoms with Crippen LogP contribution in [-0.4, -0.2) is 109 Å². The maximum atomic E-state index is 13.2. The number of hydrogen-bond acceptors (Lipinski definition) is 8. The van der Waals surface area contributed by atoms with Gasteiger partial charge in [0.25, 0.3) is 17.7 Å². The lowest BCUT2D eigenvalue weighted by Gasteiger charge is -2.10. The van der Waals surface area contributed by atoms with Crippen LogP contribution in [-0.2, 0) is 30.7 Å². The summed E-state index contributed by atoms with van der Waals surface area (Å²) in [5.41, 5.74) is 4.07. The van der Waals surface area contributed by atoms with E-state index in [4.69, 9.17) is 25.2 Å². The van der Waals surface area contributed by atoms with Gasteiger partial charge in [0, 0.05) is 63.4 Å². The molecule has 3 amide bonds. The first-order valence-electron chi connectivity index (χ1n) is 17.2. The Morgan fingerprint density at radius 3 is 1.55 bits per heavy atom. The van der Waals surface area contributed by atoms with Crippen molar-refractivity contribution in [2.24, 2.45) is 21.1 Å². The predicted molar refractivity (Wildman–Crippen MR) is 207 cm³/mol. The highest BCUT2D eigenvalue weighted by Crippen LogP contribution is 2.21. The van der Waals surface area contributed by atoms with E-state index in [1.165, 1.54) is 0 Å². The minimum absolute atomic E-state index is 0.153. The first-order valence-corrected chi connectivity index (χ1v) is 17.2. The zero-order valence-corrected chi connectivity index (χ0v) is 32.5. The van der Waals surface area contributed by atoms with Gasteiger partial charge in [-0.25, -0.2) is 9.59 Å². The van der Waals surface area contributed by atoms with Crippen LogP contribution in [0.3, 0.4) is 0 Å². The summed E-state index contributed by atoms with van der Waals surface area (Å²) < 4.78 is 68.4. The number of amides is 3. The van der Waals surface area contributed by atoms with E-state index < -0.39 is 30.2 Å². The number of aryl methyl sites for hydroxylation is 3. The molecule has 0 saturated carbocycles. The number of fused-ring (bicyclic) bond motifs is 1. The molecular weight excluding hydrogens is 810 g/mol. The Morgan fingerprint density at radius 1 is 0.700 bits per heavy atom. The first-order chi connectivity index (χ1) is 27.9. The molecule has 0 bridgehead atoms. The maximum absolute atomic E-state index is 13.2. The molecule has 17 nitrogen and oxygen atoms in total. The Bertz CT molecular complexity index is 2340. The molecule has 0 unspecified atom stereocenters. The zero-order valence-electron chi connectivity index (χ0n) is 32.5. The second-order valence-electron chi connectivity index (χ2n) is 13.0. The van der Waals surface area contributed by atoms with Crippen molar-refractivity contribution in [3.05, 3.63) is 96.0 Å². The fraction of sp³-hybridized carbons (Fsp3) is 0.270. The number of aromatic nitrogens is 4. The third-order valence-corrected chi connectivity index (χ3v) is 7.93. The SMILES string of the molecule is CN(C)CCCNC(=O)c1cc(NC(=O)c2cc(NC(=O)c3cc(NC(=N)c4cnc5ccccc5c4)cn3C)cn2C)cn1C.O=C(O)C(F)(F)F.O=C(O)C(F)(F)F. The number of carboxylic acids is 2. The van der Waals surface area contributed by atoms with E-state index in [-0.39, 0.29) is 17.6 Å². The van der Waals surface area contributed by atoms with Crippen molar-refractivity contribution in [2.45, 2.75) is 18.8 Å². The lowest BCUT2D eigenvalue weighted by molar-refractivity contribution is -0.193. The number of carbonyl (C=O) groups excluding carboxylic acids is 3. The van der Waals surface area contributed by atoms with E-state index in [0.29, 0.717) is 46.3 Å². The average molecular weight is 851 g/mol. The number of nitrogens with one attached hydrogen (secondary N) is 5. The van der Waals surface area contributed by atoms with Gasteiger partial charge in [-0.2, -0.15) is 26.3 Å². The fourth-order valence-electron chi connectivity index (χ4n) is 5.08. The normalized spacial score (nSPS) is 11.1. The monoisotopic (exact) mass is 850 g/mol. The molecule has 7 N–H and O–H groups in total. The van der Waals surface area contributed by atoms with Crippen molar-refractivity contribution in [3.8, 4) is 0 Å². The molecule has 0 aliphatic rings. The van der Waals surface area contributed by atoms with E-state index in [0.717, 1.165) is 23.9 Å². The summed E-state index contributed by atoms with van der Waals surface area (Å²) in [6.07, 6.45) is -2.65. The van der Waals surface area contributed by atoms with Crippen LogP contribution < -0.4 is 21.3 Å². The lowest BCUT2D eigenvalue weighted by Crippen LogP contribution is -2.28. The molecule has 4 heterocycles. The Hall–Kier alpha value is -7.17. The van der Waals surface area contributed by atoms with E-state index in [1.807, 2.05) is 44.4 Å². The van der Waals surface area contributed by atoms with Crippen LogP contribution in [0.15, 0.2) is 73.3 Å². The number of aliphatic carboxylic acids is 2. The molecule has 4 aromatic heterocycles. The summed E-state index contributed by atoms with van der Waals surface area (Å²) in [4.78, 5) is 63.2. The van der Waals surface area contributed by atoms with Crippen molar-refractivity contribution in [1.82, 2.24) is 28.9 Å². The van der Waals surface area contributed by atoms with Crippen molar-refractivity contribution in [1.29, 1.82) is 5.41 Å². The van der Waals surface area contributed by atoms with Gasteiger partial charge in [-0.15, -0.1) is 0 Å². The highest BCUT2D eigenvalue weighted by Gasteiger charge is 2.39. The van der Waals surface area contributed by atoms with E-state index in [2.05, 4.69) is 31.2 Å². The Balaban J connectivity index is 0.000000589. The van der Waals surface area contributed by atoms with Gasteiger partial charge in [0.2, 0.25) is 0 Å². The molecule has 0 fully saturated rings. The van der Waals surface area contributed by atoms with Gasteiger partial charge in [-0.05, 0) is 57.4 Å². The summed E-state index contributed by atoms with van der Waals surface area (Å²) in [6, 6.07) is 14.4. The second kappa shape index (κ2) is 20.0. The standard InChI is InChI=1S/C33H38N10O3.2C2HF3O2/c1-40(2)12-8-11-35-31(44)27-15-24(19-41(27)3)38-33(46)29-16-25(20-43(29)5)39-32(45)28-14-23(18-42(28)4)37-30(34)22-13-21-9-6-7-10-26(21)36-17-22;2*3-2(4,5)1(6)7/h6-7,9-10,13-20H,8,11-12H2,1-5H3,(H2,34,37)(H,35,44)(H,38,46)(H,39,45);2*(H,6,7). The first kappa shape index (κ1) is 47.2. The minimum Gasteiger partial charge on any atom is -0.475 e. The number of para-hydroxylation sites is 1. The number of hydrogen-bond donors (Lipinski definition) is 7. The van der Waals surface area contributed by atoms with Crippen molar-refractivity contribution < 1.29 is 60.5 Å². The van der Waals surface area contributed by atoms with Gasteiger partial charge in [0.1, 0.15) is 22.9 Å². The van der Waals surface area contributed by atoms with Crippen molar-refractivity contribution in [2.75, 3.05) is 43.1 Å². The number of rotatable bonds is 11. The Kier molecular flexibility index (Phi) is 15.7. The zero-order chi connectivity index (χ0) is 45.1. The number of nitrogens with zero attached hydrogens (tertiary/aromatic N) is 5. The number of carboxylic acid groups (broad SMARTS) is 2. The molecule has 60 heavy (non-hydrogen) atoms. The fourth-order valence-corrected chi connectivity index (χ4v) is 5.08.